The molecule has 1 fully saturated rings. The van der Waals surface area contributed by atoms with Gasteiger partial charge in [0.05, 0.1) is 0 Å². The van der Waals surface area contributed by atoms with E-state index in [4.69, 9.17) is 9.15 Å². The number of ether oxygens (including phenoxy) is 1. The highest BCUT2D eigenvalue weighted by molar-refractivity contribution is 5.91. The lowest BCUT2D eigenvalue weighted by atomic mass is 10.3. The third kappa shape index (κ3) is 6.08. The SMILES string of the molecule is CN1CCN(CCCNC(=O)c2ccc(COc3ccc(F)cc3)o2)CC1. The fourth-order valence-electron chi connectivity index (χ4n) is 2.93. The molecule has 0 bridgehead atoms. The number of amides is 1. The van der Waals surface area contributed by atoms with Crippen molar-refractivity contribution in [2.75, 3.05) is 46.3 Å². The van der Waals surface area contributed by atoms with Gasteiger partial charge in [-0.25, -0.2) is 4.39 Å². The minimum atomic E-state index is -0.313. The number of nitrogens with zero attached hydrogens (tertiary/aromatic N) is 2. The summed E-state index contributed by atoms with van der Waals surface area (Å²) in [6.45, 7) is 6.15. The summed E-state index contributed by atoms with van der Waals surface area (Å²) in [6, 6.07) is 9.11. The number of furan rings is 1. The molecule has 2 heterocycles. The molecule has 1 N–H and O–H groups in total. The topological polar surface area (TPSA) is 58.0 Å². The van der Waals surface area contributed by atoms with E-state index in [2.05, 4.69) is 22.2 Å². The van der Waals surface area contributed by atoms with Crippen LogP contribution in [0, 0.1) is 5.82 Å². The van der Waals surface area contributed by atoms with E-state index in [1.54, 1.807) is 24.3 Å². The Balaban J connectivity index is 1.36. The van der Waals surface area contributed by atoms with Crippen molar-refractivity contribution in [3.05, 3.63) is 53.7 Å². The smallest absolute Gasteiger partial charge is 0.286 e. The predicted molar refractivity (Wildman–Crippen MR) is 100 cm³/mol. The summed E-state index contributed by atoms with van der Waals surface area (Å²) in [7, 11) is 2.14. The molecule has 3 rings (SSSR count). The summed E-state index contributed by atoms with van der Waals surface area (Å²) in [5.74, 6) is 0.824. The van der Waals surface area contributed by atoms with Crippen molar-refractivity contribution in [2.24, 2.45) is 0 Å². The second kappa shape index (κ2) is 9.53. The summed E-state index contributed by atoms with van der Waals surface area (Å²) in [4.78, 5) is 16.9. The van der Waals surface area contributed by atoms with Crippen molar-refractivity contribution in [3.8, 4) is 5.75 Å². The molecule has 2 aromatic rings. The minimum absolute atomic E-state index is 0.183. The molecule has 1 aliphatic rings. The largest absolute Gasteiger partial charge is 0.486 e. The van der Waals surface area contributed by atoms with E-state index >= 15 is 0 Å². The maximum absolute atomic E-state index is 12.9. The molecule has 1 aromatic heterocycles. The zero-order valence-corrected chi connectivity index (χ0v) is 15.6. The second-order valence-electron chi connectivity index (χ2n) is 6.76. The van der Waals surface area contributed by atoms with Crippen molar-refractivity contribution in [1.82, 2.24) is 15.1 Å². The van der Waals surface area contributed by atoms with Crippen LogP contribution in [-0.4, -0.2) is 62.0 Å². The van der Waals surface area contributed by atoms with Crippen LogP contribution >= 0.6 is 0 Å². The van der Waals surface area contributed by atoms with E-state index in [0.717, 1.165) is 39.1 Å². The number of hydrogen-bond donors (Lipinski definition) is 1. The van der Waals surface area contributed by atoms with E-state index in [-0.39, 0.29) is 24.1 Å². The van der Waals surface area contributed by atoms with Crippen LogP contribution in [0.4, 0.5) is 4.39 Å². The first-order chi connectivity index (χ1) is 13.1. The monoisotopic (exact) mass is 375 g/mol. The summed E-state index contributed by atoms with van der Waals surface area (Å²) < 4.78 is 23.9. The molecule has 0 spiro atoms. The van der Waals surface area contributed by atoms with Gasteiger partial charge in [-0.1, -0.05) is 0 Å². The molecule has 7 heteroatoms. The van der Waals surface area contributed by atoms with Crippen LogP contribution in [0.2, 0.25) is 0 Å². The van der Waals surface area contributed by atoms with Crippen LogP contribution in [0.1, 0.15) is 22.7 Å². The van der Waals surface area contributed by atoms with Gasteiger partial charge in [0.15, 0.2) is 5.76 Å². The van der Waals surface area contributed by atoms with Gasteiger partial charge in [0.25, 0.3) is 5.91 Å². The number of carbonyl (C=O) groups excluding carboxylic acids is 1. The minimum Gasteiger partial charge on any atom is -0.486 e. The summed E-state index contributed by atoms with van der Waals surface area (Å²) >= 11 is 0. The zero-order chi connectivity index (χ0) is 19.1. The van der Waals surface area contributed by atoms with Crippen LogP contribution in [0.25, 0.3) is 0 Å². The first-order valence-corrected chi connectivity index (χ1v) is 9.26. The lowest BCUT2D eigenvalue weighted by Gasteiger charge is -2.32. The number of rotatable bonds is 8. The predicted octanol–water partition coefficient (Wildman–Crippen LogP) is 2.36. The molecule has 6 nitrogen and oxygen atoms in total. The molecular formula is C20H26FN3O3. The number of halogens is 1. The Labute approximate surface area is 158 Å². The first-order valence-electron chi connectivity index (χ1n) is 9.26. The number of hydrogen-bond acceptors (Lipinski definition) is 5. The maximum Gasteiger partial charge on any atom is 0.286 e. The van der Waals surface area contributed by atoms with Crippen LogP contribution in [-0.2, 0) is 6.61 Å². The summed E-state index contributed by atoms with van der Waals surface area (Å²) in [5.41, 5.74) is 0. The normalized spacial score (nSPS) is 15.6. The number of nitrogens with one attached hydrogen (secondary N) is 1. The third-order valence-electron chi connectivity index (χ3n) is 4.61. The van der Waals surface area contributed by atoms with Gasteiger partial charge in [-0.2, -0.15) is 0 Å². The van der Waals surface area contributed by atoms with Crippen LogP contribution in [0.3, 0.4) is 0 Å². The molecule has 0 aliphatic carbocycles. The Hall–Kier alpha value is -2.38. The lowest BCUT2D eigenvalue weighted by Crippen LogP contribution is -2.45. The highest BCUT2D eigenvalue weighted by atomic mass is 19.1. The highest BCUT2D eigenvalue weighted by Crippen LogP contribution is 2.15. The Morgan fingerprint density at radius 3 is 2.63 bits per heavy atom. The van der Waals surface area contributed by atoms with Crippen LogP contribution in [0.15, 0.2) is 40.8 Å². The highest BCUT2D eigenvalue weighted by Gasteiger charge is 2.14. The van der Waals surface area contributed by atoms with Gasteiger partial charge in [-0.05, 0) is 56.4 Å². The first kappa shape index (κ1) is 19.4. The molecule has 146 valence electrons. The Morgan fingerprint density at radius 2 is 1.89 bits per heavy atom. The van der Waals surface area contributed by atoms with Crippen molar-refractivity contribution in [3.63, 3.8) is 0 Å². The average molecular weight is 375 g/mol. The summed E-state index contributed by atoms with van der Waals surface area (Å²) in [6.07, 6.45) is 0.913. The van der Waals surface area contributed by atoms with Gasteiger partial charge in [0, 0.05) is 32.7 Å². The van der Waals surface area contributed by atoms with Crippen LogP contribution < -0.4 is 10.1 Å². The molecule has 1 aliphatic heterocycles. The van der Waals surface area contributed by atoms with E-state index in [1.165, 1.54) is 12.1 Å². The van der Waals surface area contributed by atoms with Gasteiger partial charge in [-0.3, -0.25) is 4.79 Å². The lowest BCUT2D eigenvalue weighted by molar-refractivity contribution is 0.0917. The molecular weight excluding hydrogens is 349 g/mol. The van der Waals surface area contributed by atoms with E-state index < -0.39 is 0 Å². The fraction of sp³-hybridized carbons (Fsp3) is 0.450. The molecule has 27 heavy (non-hydrogen) atoms. The summed E-state index contributed by atoms with van der Waals surface area (Å²) in [5, 5.41) is 2.89. The zero-order valence-electron chi connectivity index (χ0n) is 15.6. The third-order valence-corrected chi connectivity index (χ3v) is 4.61. The van der Waals surface area contributed by atoms with Gasteiger partial charge >= 0.3 is 0 Å². The van der Waals surface area contributed by atoms with Crippen molar-refractivity contribution in [1.29, 1.82) is 0 Å². The van der Waals surface area contributed by atoms with Gasteiger partial charge in [0.2, 0.25) is 0 Å². The second-order valence-corrected chi connectivity index (χ2v) is 6.76. The van der Waals surface area contributed by atoms with Crippen LogP contribution in [0.5, 0.6) is 5.75 Å². The molecule has 0 unspecified atom stereocenters. The number of carbonyl (C=O) groups is 1. The standard InChI is InChI=1S/C20H26FN3O3/c1-23-11-13-24(14-12-23)10-2-9-22-20(25)19-8-7-18(27-19)15-26-17-5-3-16(21)4-6-17/h3-8H,2,9-15H2,1H3,(H,22,25). The molecule has 1 saturated heterocycles. The number of benzene rings is 1. The van der Waals surface area contributed by atoms with Crippen molar-refractivity contribution in [2.45, 2.75) is 13.0 Å². The van der Waals surface area contributed by atoms with Gasteiger partial charge in [-0.15, -0.1) is 0 Å². The van der Waals surface area contributed by atoms with E-state index in [0.29, 0.717) is 18.1 Å². The van der Waals surface area contributed by atoms with E-state index in [9.17, 15) is 9.18 Å². The molecule has 0 saturated carbocycles. The van der Waals surface area contributed by atoms with Gasteiger partial charge in [0.1, 0.15) is 23.9 Å². The molecule has 1 amide bonds. The molecule has 1 aromatic carbocycles. The van der Waals surface area contributed by atoms with Crippen molar-refractivity contribution >= 4 is 5.91 Å². The Morgan fingerprint density at radius 1 is 1.15 bits per heavy atom. The van der Waals surface area contributed by atoms with E-state index in [1.807, 2.05) is 0 Å². The van der Waals surface area contributed by atoms with Crippen molar-refractivity contribution < 1.29 is 18.3 Å². The molecule has 0 atom stereocenters. The molecule has 0 radical (unpaired) electrons. The number of likely N-dealkylation sites (N-methyl/N-ethyl adjacent to an activating group) is 1. The Bertz CT molecular complexity index is 724. The Kier molecular flexibility index (Phi) is 6.84. The fourth-order valence-corrected chi connectivity index (χ4v) is 2.93. The quantitative estimate of drug-likeness (QED) is 0.718. The number of piperazine rings is 1. The maximum atomic E-state index is 12.9. The van der Waals surface area contributed by atoms with Gasteiger partial charge < -0.3 is 24.3 Å². The average Bonchev–Trinajstić information content (AvgIpc) is 3.15.